The molecule has 0 bridgehead atoms. The Hall–Kier alpha value is -2.45. The third-order valence-electron chi connectivity index (χ3n) is 3.01. The van der Waals surface area contributed by atoms with Gasteiger partial charge in [0.1, 0.15) is 11.4 Å². The fraction of sp³-hybridized carbons (Fsp3) is 0.235. The van der Waals surface area contributed by atoms with Gasteiger partial charge in [0.2, 0.25) is 0 Å². The first-order chi connectivity index (χ1) is 12.0. The second-order valence-electron chi connectivity index (χ2n) is 6.42. The molecule has 0 aliphatic heterocycles. The summed E-state index contributed by atoms with van der Waals surface area (Å²) >= 11 is 5.78. The molecule has 140 valence electrons. The first kappa shape index (κ1) is 19.9. The summed E-state index contributed by atoms with van der Waals surface area (Å²) in [6.45, 7) is 5.05. The second kappa shape index (κ2) is 7.43. The van der Waals surface area contributed by atoms with Crippen LogP contribution in [0.15, 0.2) is 47.4 Å². The van der Waals surface area contributed by atoms with Crippen LogP contribution in [0.5, 0.6) is 5.75 Å². The van der Waals surface area contributed by atoms with E-state index in [9.17, 15) is 18.3 Å². The maximum absolute atomic E-state index is 12.5. The Morgan fingerprint density at radius 2 is 1.73 bits per heavy atom. The molecule has 0 atom stereocenters. The van der Waals surface area contributed by atoms with Crippen molar-refractivity contribution in [3.05, 3.63) is 47.5 Å². The van der Waals surface area contributed by atoms with E-state index in [1.165, 1.54) is 24.3 Å². The van der Waals surface area contributed by atoms with E-state index in [1.54, 1.807) is 32.9 Å². The molecule has 0 heterocycles. The summed E-state index contributed by atoms with van der Waals surface area (Å²) in [6.07, 6.45) is -0.812. The van der Waals surface area contributed by atoms with Crippen molar-refractivity contribution in [3.8, 4) is 5.75 Å². The maximum atomic E-state index is 12.5. The van der Waals surface area contributed by atoms with Gasteiger partial charge in [0.05, 0.1) is 10.6 Å². The van der Waals surface area contributed by atoms with E-state index in [0.717, 1.165) is 6.07 Å². The number of halogens is 1. The molecular formula is C17H19ClN2O5S. The lowest BCUT2D eigenvalue weighted by Crippen LogP contribution is -2.27. The Kier molecular flexibility index (Phi) is 5.68. The molecule has 0 aromatic heterocycles. The SMILES string of the molecule is CC(C)(C)OC(=O)Nc1cc(S(=O)(=O)Nc2ccc(Cl)cc2)ccc1O. The van der Waals surface area contributed by atoms with Crippen LogP contribution in [0.3, 0.4) is 0 Å². The van der Waals surface area contributed by atoms with Crippen molar-refractivity contribution in [3.63, 3.8) is 0 Å². The van der Waals surface area contributed by atoms with Crippen LogP contribution in [0.1, 0.15) is 20.8 Å². The van der Waals surface area contributed by atoms with E-state index in [4.69, 9.17) is 16.3 Å². The van der Waals surface area contributed by atoms with Crippen LogP contribution in [-0.2, 0) is 14.8 Å². The molecule has 7 nitrogen and oxygen atoms in total. The molecule has 1 amide bonds. The highest BCUT2D eigenvalue weighted by molar-refractivity contribution is 7.92. The molecule has 2 rings (SSSR count). The molecule has 0 saturated carbocycles. The Labute approximate surface area is 157 Å². The van der Waals surface area contributed by atoms with Gasteiger partial charge in [0, 0.05) is 10.7 Å². The predicted molar refractivity (Wildman–Crippen MR) is 100 cm³/mol. The number of rotatable bonds is 4. The lowest BCUT2D eigenvalue weighted by atomic mass is 10.2. The minimum Gasteiger partial charge on any atom is -0.506 e. The maximum Gasteiger partial charge on any atom is 0.412 e. The number of hydrogen-bond acceptors (Lipinski definition) is 5. The number of sulfonamides is 1. The third-order valence-corrected chi connectivity index (χ3v) is 4.64. The zero-order valence-electron chi connectivity index (χ0n) is 14.4. The van der Waals surface area contributed by atoms with Crippen molar-refractivity contribution >= 4 is 39.1 Å². The number of nitrogens with one attached hydrogen (secondary N) is 2. The van der Waals surface area contributed by atoms with Gasteiger partial charge < -0.3 is 9.84 Å². The van der Waals surface area contributed by atoms with Crippen molar-refractivity contribution in [2.75, 3.05) is 10.0 Å². The summed E-state index contributed by atoms with van der Waals surface area (Å²) in [5.74, 6) is -0.290. The Balaban J connectivity index is 2.24. The van der Waals surface area contributed by atoms with E-state index in [2.05, 4.69) is 10.0 Å². The predicted octanol–water partition coefficient (Wildman–Crippen LogP) is 4.19. The van der Waals surface area contributed by atoms with Crippen LogP contribution in [0.2, 0.25) is 5.02 Å². The zero-order chi connectivity index (χ0) is 19.5. The molecule has 0 aliphatic rings. The van der Waals surface area contributed by atoms with Crippen LogP contribution in [0.4, 0.5) is 16.2 Å². The molecule has 2 aromatic carbocycles. The number of ether oxygens (including phenoxy) is 1. The average Bonchev–Trinajstić information content (AvgIpc) is 2.49. The van der Waals surface area contributed by atoms with E-state index in [0.29, 0.717) is 10.7 Å². The lowest BCUT2D eigenvalue weighted by molar-refractivity contribution is 0.0635. The van der Waals surface area contributed by atoms with Crippen molar-refractivity contribution < 1.29 is 23.1 Å². The zero-order valence-corrected chi connectivity index (χ0v) is 16.0. The molecule has 0 spiro atoms. The molecule has 26 heavy (non-hydrogen) atoms. The summed E-state index contributed by atoms with van der Waals surface area (Å²) < 4.78 is 32.5. The lowest BCUT2D eigenvalue weighted by Gasteiger charge is -2.20. The molecule has 9 heteroatoms. The van der Waals surface area contributed by atoms with Crippen LogP contribution in [0, 0.1) is 0 Å². The second-order valence-corrected chi connectivity index (χ2v) is 8.54. The smallest absolute Gasteiger partial charge is 0.412 e. The molecule has 2 aromatic rings. The van der Waals surface area contributed by atoms with Crippen LogP contribution in [0.25, 0.3) is 0 Å². The van der Waals surface area contributed by atoms with Gasteiger partial charge in [0.25, 0.3) is 10.0 Å². The van der Waals surface area contributed by atoms with E-state index in [1.807, 2.05) is 0 Å². The number of aromatic hydroxyl groups is 1. The summed E-state index contributed by atoms with van der Waals surface area (Å²) in [5, 5.41) is 12.7. The number of amides is 1. The largest absolute Gasteiger partial charge is 0.506 e. The Bertz CT molecular complexity index is 906. The van der Waals surface area contributed by atoms with Gasteiger partial charge in [-0.2, -0.15) is 0 Å². The number of phenolic OH excluding ortho intramolecular Hbond substituents is 1. The molecular weight excluding hydrogens is 380 g/mol. The fourth-order valence-electron chi connectivity index (χ4n) is 1.93. The Morgan fingerprint density at radius 1 is 1.12 bits per heavy atom. The van der Waals surface area contributed by atoms with E-state index >= 15 is 0 Å². The summed E-state index contributed by atoms with van der Waals surface area (Å²) in [5.41, 5.74) is -0.498. The van der Waals surface area contributed by atoms with Crippen molar-refractivity contribution in [1.82, 2.24) is 0 Å². The molecule has 0 fully saturated rings. The van der Waals surface area contributed by atoms with E-state index in [-0.39, 0.29) is 16.3 Å². The van der Waals surface area contributed by atoms with Crippen LogP contribution < -0.4 is 10.0 Å². The standard InChI is InChI=1S/C17H19ClN2O5S/c1-17(2,3)25-16(22)19-14-10-13(8-9-15(14)21)26(23,24)20-12-6-4-11(18)5-7-12/h4-10,20-21H,1-3H3,(H,19,22). The molecule has 0 radical (unpaired) electrons. The van der Waals surface area contributed by atoms with Gasteiger partial charge in [-0.15, -0.1) is 0 Å². The van der Waals surface area contributed by atoms with Crippen LogP contribution >= 0.6 is 11.6 Å². The van der Waals surface area contributed by atoms with Crippen LogP contribution in [-0.4, -0.2) is 25.2 Å². The molecule has 0 saturated heterocycles. The van der Waals surface area contributed by atoms with Crippen molar-refractivity contribution in [1.29, 1.82) is 0 Å². The first-order valence-electron chi connectivity index (χ1n) is 7.58. The van der Waals surface area contributed by atoms with Gasteiger partial charge >= 0.3 is 6.09 Å². The molecule has 0 aliphatic carbocycles. The van der Waals surface area contributed by atoms with Gasteiger partial charge in [-0.1, -0.05) is 11.6 Å². The minimum absolute atomic E-state index is 0.0850. The summed E-state index contributed by atoms with van der Waals surface area (Å²) in [6, 6.07) is 9.65. The quantitative estimate of drug-likeness (QED) is 0.669. The number of benzene rings is 2. The molecule has 3 N–H and O–H groups in total. The summed E-state index contributed by atoms with van der Waals surface area (Å²) in [4.78, 5) is 11.7. The number of anilines is 2. The van der Waals surface area contributed by atoms with Gasteiger partial charge in [-0.05, 0) is 63.2 Å². The first-order valence-corrected chi connectivity index (χ1v) is 9.44. The summed E-state index contributed by atoms with van der Waals surface area (Å²) in [7, 11) is -3.93. The monoisotopic (exact) mass is 398 g/mol. The molecule has 0 unspecified atom stereocenters. The van der Waals surface area contributed by atoms with Gasteiger partial charge in [-0.25, -0.2) is 13.2 Å². The number of phenols is 1. The number of carbonyl (C=O) groups is 1. The third kappa shape index (κ3) is 5.53. The number of hydrogen-bond donors (Lipinski definition) is 3. The van der Waals surface area contributed by atoms with Crippen molar-refractivity contribution in [2.24, 2.45) is 0 Å². The van der Waals surface area contributed by atoms with Crippen molar-refractivity contribution in [2.45, 2.75) is 31.3 Å². The highest BCUT2D eigenvalue weighted by Crippen LogP contribution is 2.28. The fourth-order valence-corrected chi connectivity index (χ4v) is 3.14. The van der Waals surface area contributed by atoms with Gasteiger partial charge in [0.15, 0.2) is 0 Å². The van der Waals surface area contributed by atoms with Gasteiger partial charge in [-0.3, -0.25) is 10.0 Å². The average molecular weight is 399 g/mol. The van der Waals surface area contributed by atoms with E-state index < -0.39 is 21.7 Å². The minimum atomic E-state index is -3.93. The highest BCUT2D eigenvalue weighted by atomic mass is 35.5. The normalized spacial score (nSPS) is 11.7. The number of carbonyl (C=O) groups excluding carboxylic acids is 1. The Morgan fingerprint density at radius 3 is 2.31 bits per heavy atom. The highest BCUT2D eigenvalue weighted by Gasteiger charge is 2.20. The topological polar surface area (TPSA) is 105 Å².